The minimum atomic E-state index is -0.464. The van der Waals surface area contributed by atoms with E-state index in [1.54, 1.807) is 42.5 Å². The number of rotatable bonds is 3. The Morgan fingerprint density at radius 2 is 1.65 bits per heavy atom. The van der Waals surface area contributed by atoms with Gasteiger partial charge in [-0.3, -0.25) is 15.6 Å². The molecule has 5 nitrogen and oxygen atoms in total. The highest BCUT2D eigenvalue weighted by molar-refractivity contribution is 7.80. The first kappa shape index (κ1) is 18.3. The maximum Gasteiger partial charge on any atom is 0.305 e. The Morgan fingerprint density at radius 1 is 0.923 bits per heavy atom. The number of carbonyl (C=O) groups excluding carboxylic acids is 1. The maximum absolute atomic E-state index is 12.2. The normalized spacial score (nSPS) is 10.2. The summed E-state index contributed by atoms with van der Waals surface area (Å²) in [5, 5.41) is 4.22. The molecule has 3 rings (SSSR count). The molecule has 0 radical (unpaired) electrons. The molecule has 0 aliphatic carbocycles. The van der Waals surface area contributed by atoms with Crippen LogP contribution in [0.4, 0.5) is 5.69 Å². The fraction of sp³-hybridized carbons (Fsp3) is 0. The van der Waals surface area contributed by atoms with E-state index in [2.05, 4.69) is 16.2 Å². The van der Waals surface area contributed by atoms with Gasteiger partial charge in [-0.15, -0.1) is 0 Å². The summed E-state index contributed by atoms with van der Waals surface area (Å²) in [6, 6.07) is 17.5. The molecule has 0 saturated carbocycles. The van der Waals surface area contributed by atoms with Gasteiger partial charge in [-0.2, -0.15) is 0 Å². The van der Waals surface area contributed by atoms with Crippen molar-refractivity contribution in [3.8, 4) is 11.3 Å². The fourth-order valence-electron chi connectivity index (χ4n) is 2.12. The second kappa shape index (κ2) is 8.23. The Kier molecular flexibility index (Phi) is 5.78. The van der Waals surface area contributed by atoms with Gasteiger partial charge in [0.2, 0.25) is 0 Å². The summed E-state index contributed by atoms with van der Waals surface area (Å²) in [5.74, 6) is 0.236. The number of carbonyl (C=O) groups is 1. The number of halogens is 2. The number of benzene rings is 2. The first-order valence-corrected chi connectivity index (χ1v) is 8.67. The standard InChI is InChI=1S/C18H13Cl2N3O2S/c19-12-7-5-11(6-8-12)15-9-10-16(25-15)17(24)22-23-18(26)21-14-4-2-1-3-13(14)20/h1-10H,(H,22,24)(H2,21,23,26). The third kappa shape index (κ3) is 4.54. The van der Waals surface area contributed by atoms with Crippen molar-refractivity contribution in [3.63, 3.8) is 0 Å². The Balaban J connectivity index is 1.58. The average Bonchev–Trinajstić information content (AvgIpc) is 3.12. The number of hydrogen-bond donors (Lipinski definition) is 3. The largest absolute Gasteiger partial charge is 0.451 e. The molecule has 0 fully saturated rings. The van der Waals surface area contributed by atoms with E-state index in [1.165, 1.54) is 0 Å². The molecule has 3 N–H and O–H groups in total. The molecule has 8 heteroatoms. The van der Waals surface area contributed by atoms with Crippen LogP contribution in [0, 0.1) is 0 Å². The number of furan rings is 1. The number of para-hydroxylation sites is 1. The van der Waals surface area contributed by atoms with Crippen molar-refractivity contribution < 1.29 is 9.21 Å². The summed E-state index contributed by atoms with van der Waals surface area (Å²) in [4.78, 5) is 12.2. The Labute approximate surface area is 165 Å². The zero-order valence-corrected chi connectivity index (χ0v) is 15.6. The molecule has 0 aliphatic rings. The lowest BCUT2D eigenvalue weighted by atomic mass is 10.2. The van der Waals surface area contributed by atoms with Crippen molar-refractivity contribution in [3.05, 3.63) is 76.5 Å². The zero-order valence-electron chi connectivity index (χ0n) is 13.3. The van der Waals surface area contributed by atoms with Crippen molar-refractivity contribution in [1.82, 2.24) is 10.9 Å². The maximum atomic E-state index is 12.2. The molecule has 0 aliphatic heterocycles. The molecule has 26 heavy (non-hydrogen) atoms. The number of amides is 1. The van der Waals surface area contributed by atoms with Gasteiger partial charge < -0.3 is 9.73 Å². The fourth-order valence-corrected chi connectivity index (χ4v) is 2.59. The van der Waals surface area contributed by atoms with Gasteiger partial charge in [0.15, 0.2) is 10.9 Å². The molecule has 0 bridgehead atoms. The van der Waals surface area contributed by atoms with Crippen LogP contribution in [0.25, 0.3) is 11.3 Å². The minimum Gasteiger partial charge on any atom is -0.451 e. The van der Waals surface area contributed by atoms with Gasteiger partial charge >= 0.3 is 5.91 Å². The number of hydrogen-bond acceptors (Lipinski definition) is 3. The van der Waals surface area contributed by atoms with Crippen molar-refractivity contribution in [2.75, 3.05) is 5.32 Å². The van der Waals surface area contributed by atoms with E-state index < -0.39 is 5.91 Å². The Bertz CT molecular complexity index is 942. The van der Waals surface area contributed by atoms with Gasteiger partial charge in [0.1, 0.15) is 5.76 Å². The number of thiocarbonyl (C=S) groups is 1. The van der Waals surface area contributed by atoms with Crippen LogP contribution in [-0.4, -0.2) is 11.0 Å². The molecule has 0 saturated heterocycles. The summed E-state index contributed by atoms with van der Waals surface area (Å²) in [6.07, 6.45) is 0. The third-order valence-corrected chi connectivity index (χ3v) is 4.16. The Hall–Kier alpha value is -2.54. The highest BCUT2D eigenvalue weighted by Crippen LogP contribution is 2.24. The number of anilines is 1. The van der Waals surface area contributed by atoms with Crippen molar-refractivity contribution in [2.45, 2.75) is 0 Å². The lowest BCUT2D eigenvalue weighted by Gasteiger charge is -2.11. The van der Waals surface area contributed by atoms with Gasteiger partial charge in [0, 0.05) is 10.6 Å². The van der Waals surface area contributed by atoms with Crippen molar-refractivity contribution in [2.24, 2.45) is 0 Å². The van der Waals surface area contributed by atoms with E-state index in [-0.39, 0.29) is 10.9 Å². The summed E-state index contributed by atoms with van der Waals surface area (Å²) in [7, 11) is 0. The van der Waals surface area contributed by atoms with E-state index >= 15 is 0 Å². The van der Waals surface area contributed by atoms with Gasteiger partial charge in [-0.05, 0) is 60.7 Å². The van der Waals surface area contributed by atoms with Gasteiger partial charge in [0.25, 0.3) is 0 Å². The second-order valence-electron chi connectivity index (χ2n) is 5.18. The molecular weight excluding hydrogens is 393 g/mol. The monoisotopic (exact) mass is 405 g/mol. The van der Waals surface area contributed by atoms with Crippen LogP contribution in [-0.2, 0) is 0 Å². The molecule has 1 aromatic heterocycles. The van der Waals surface area contributed by atoms with E-state index in [4.69, 9.17) is 39.8 Å². The summed E-state index contributed by atoms with van der Waals surface area (Å²) in [5.41, 5.74) is 6.51. The lowest BCUT2D eigenvalue weighted by Crippen LogP contribution is -2.43. The van der Waals surface area contributed by atoms with Crippen LogP contribution in [0.3, 0.4) is 0 Å². The highest BCUT2D eigenvalue weighted by Gasteiger charge is 2.12. The van der Waals surface area contributed by atoms with Gasteiger partial charge in [0.05, 0.1) is 10.7 Å². The van der Waals surface area contributed by atoms with Crippen LogP contribution >= 0.6 is 35.4 Å². The summed E-state index contributed by atoms with van der Waals surface area (Å²) >= 11 is 17.0. The Morgan fingerprint density at radius 3 is 2.38 bits per heavy atom. The smallest absolute Gasteiger partial charge is 0.305 e. The highest BCUT2D eigenvalue weighted by atomic mass is 35.5. The molecule has 2 aromatic carbocycles. The molecule has 0 spiro atoms. The first-order valence-electron chi connectivity index (χ1n) is 7.50. The van der Waals surface area contributed by atoms with E-state index in [1.807, 2.05) is 18.2 Å². The van der Waals surface area contributed by atoms with E-state index in [0.29, 0.717) is 21.5 Å². The van der Waals surface area contributed by atoms with Crippen LogP contribution in [0.2, 0.25) is 10.0 Å². The quantitative estimate of drug-likeness (QED) is 0.427. The van der Waals surface area contributed by atoms with Crippen molar-refractivity contribution >= 4 is 52.1 Å². The molecule has 132 valence electrons. The number of nitrogens with one attached hydrogen (secondary N) is 3. The van der Waals surface area contributed by atoms with Crippen LogP contribution < -0.4 is 16.2 Å². The van der Waals surface area contributed by atoms with E-state index in [9.17, 15) is 4.79 Å². The molecule has 0 atom stereocenters. The molecule has 1 amide bonds. The summed E-state index contributed by atoms with van der Waals surface area (Å²) < 4.78 is 5.56. The molecular formula is C18H13Cl2N3O2S. The topological polar surface area (TPSA) is 66.3 Å². The summed E-state index contributed by atoms with van der Waals surface area (Å²) in [6.45, 7) is 0. The first-order chi connectivity index (χ1) is 12.5. The molecule has 3 aromatic rings. The second-order valence-corrected chi connectivity index (χ2v) is 6.44. The van der Waals surface area contributed by atoms with Crippen LogP contribution in [0.5, 0.6) is 0 Å². The van der Waals surface area contributed by atoms with Crippen molar-refractivity contribution in [1.29, 1.82) is 0 Å². The van der Waals surface area contributed by atoms with Gasteiger partial charge in [-0.25, -0.2) is 0 Å². The number of hydrazine groups is 1. The average molecular weight is 406 g/mol. The van der Waals surface area contributed by atoms with Crippen LogP contribution in [0.1, 0.15) is 10.6 Å². The lowest BCUT2D eigenvalue weighted by molar-refractivity contribution is 0.0917. The zero-order chi connectivity index (χ0) is 18.5. The van der Waals surface area contributed by atoms with Gasteiger partial charge in [-0.1, -0.05) is 35.3 Å². The van der Waals surface area contributed by atoms with E-state index in [0.717, 1.165) is 5.56 Å². The third-order valence-electron chi connectivity index (χ3n) is 3.37. The minimum absolute atomic E-state index is 0.142. The molecule has 0 unspecified atom stereocenters. The molecule has 1 heterocycles. The predicted molar refractivity (Wildman–Crippen MR) is 107 cm³/mol. The predicted octanol–water partition coefficient (Wildman–Crippen LogP) is 4.88. The van der Waals surface area contributed by atoms with Crippen LogP contribution in [0.15, 0.2) is 65.1 Å². The SMILES string of the molecule is O=C(NNC(=S)Nc1ccccc1Cl)c1ccc(-c2ccc(Cl)cc2)o1.